The predicted octanol–water partition coefficient (Wildman–Crippen LogP) is 3.43. The maximum absolute atomic E-state index is 13.1. The Labute approximate surface area is 113 Å². The van der Waals surface area contributed by atoms with Crippen LogP contribution >= 0.6 is 11.6 Å². The molecule has 1 atom stereocenters. The van der Waals surface area contributed by atoms with E-state index in [2.05, 4.69) is 5.43 Å². The van der Waals surface area contributed by atoms with Crippen LogP contribution in [0, 0.1) is 11.7 Å². The van der Waals surface area contributed by atoms with Gasteiger partial charge in [-0.3, -0.25) is 11.3 Å². The Hall–Kier alpha value is -0.640. The molecule has 1 aromatic rings. The molecule has 1 unspecified atom stereocenters. The summed E-state index contributed by atoms with van der Waals surface area (Å²) in [5.74, 6) is 6.02. The third-order valence-electron chi connectivity index (χ3n) is 3.79. The van der Waals surface area contributed by atoms with Crippen molar-refractivity contribution in [2.24, 2.45) is 11.8 Å². The fourth-order valence-corrected chi connectivity index (χ4v) is 3.01. The fraction of sp³-hybridized carbons (Fsp3) is 0.571. The average molecular weight is 271 g/mol. The van der Waals surface area contributed by atoms with Gasteiger partial charge in [-0.15, -0.1) is 0 Å². The zero-order valence-corrected chi connectivity index (χ0v) is 11.2. The Balaban J connectivity index is 1.94. The molecule has 0 aliphatic heterocycles. The predicted molar refractivity (Wildman–Crippen MR) is 72.8 cm³/mol. The molecule has 1 aliphatic carbocycles. The van der Waals surface area contributed by atoms with Crippen molar-refractivity contribution in [3.63, 3.8) is 0 Å². The second kappa shape index (κ2) is 6.50. The van der Waals surface area contributed by atoms with Gasteiger partial charge in [-0.25, -0.2) is 4.39 Å². The second-order valence-electron chi connectivity index (χ2n) is 5.20. The number of nitrogens with one attached hydrogen (secondary N) is 1. The lowest BCUT2D eigenvalue weighted by Crippen LogP contribution is -2.38. The van der Waals surface area contributed by atoms with Crippen molar-refractivity contribution in [2.75, 3.05) is 0 Å². The highest BCUT2D eigenvalue weighted by molar-refractivity contribution is 6.30. The Morgan fingerprint density at radius 2 is 2.11 bits per heavy atom. The molecule has 1 aromatic carbocycles. The van der Waals surface area contributed by atoms with E-state index < -0.39 is 0 Å². The summed E-state index contributed by atoms with van der Waals surface area (Å²) in [7, 11) is 0. The molecule has 3 N–H and O–H groups in total. The first-order valence-corrected chi connectivity index (χ1v) is 6.97. The third-order valence-corrected chi connectivity index (χ3v) is 4.08. The molecule has 0 heterocycles. The Morgan fingerprint density at radius 3 is 2.72 bits per heavy atom. The van der Waals surface area contributed by atoms with Crippen molar-refractivity contribution in [3.05, 3.63) is 34.6 Å². The van der Waals surface area contributed by atoms with E-state index in [0.29, 0.717) is 0 Å². The number of benzene rings is 1. The van der Waals surface area contributed by atoms with E-state index in [1.54, 1.807) is 12.1 Å². The number of hydrazine groups is 1. The second-order valence-corrected chi connectivity index (χ2v) is 5.61. The van der Waals surface area contributed by atoms with Gasteiger partial charge in [-0.05, 0) is 36.5 Å². The lowest BCUT2D eigenvalue weighted by atomic mass is 9.94. The topological polar surface area (TPSA) is 38.0 Å². The lowest BCUT2D eigenvalue weighted by Gasteiger charge is -2.20. The molecule has 1 aliphatic rings. The van der Waals surface area contributed by atoms with E-state index in [-0.39, 0.29) is 16.9 Å². The highest BCUT2D eigenvalue weighted by atomic mass is 35.5. The largest absolute Gasteiger partial charge is 0.271 e. The van der Waals surface area contributed by atoms with Crippen molar-refractivity contribution >= 4 is 11.6 Å². The first-order chi connectivity index (χ1) is 8.69. The minimum atomic E-state index is -0.367. The van der Waals surface area contributed by atoms with Crippen LogP contribution in [0.4, 0.5) is 4.39 Å². The third kappa shape index (κ3) is 3.67. The zero-order valence-electron chi connectivity index (χ0n) is 10.5. The average Bonchev–Trinajstić information content (AvgIpc) is 2.86. The monoisotopic (exact) mass is 270 g/mol. The molecule has 1 saturated carbocycles. The highest BCUT2D eigenvalue weighted by Gasteiger charge is 2.19. The number of halogens is 2. The summed E-state index contributed by atoms with van der Waals surface area (Å²) in [6, 6.07) is 5.13. The summed E-state index contributed by atoms with van der Waals surface area (Å²) in [4.78, 5) is 0. The molecular weight excluding hydrogens is 251 g/mol. The number of nitrogens with two attached hydrogens (primary N) is 1. The summed E-state index contributed by atoms with van der Waals surface area (Å²) in [6.45, 7) is 0. The smallest absolute Gasteiger partial charge is 0.141 e. The van der Waals surface area contributed by atoms with E-state index >= 15 is 0 Å². The number of hydrogen-bond donors (Lipinski definition) is 2. The maximum Gasteiger partial charge on any atom is 0.141 e. The first kappa shape index (κ1) is 13.8. The summed E-state index contributed by atoms with van der Waals surface area (Å²) in [6.07, 6.45) is 7.18. The van der Waals surface area contributed by atoms with Crippen LogP contribution in [0.3, 0.4) is 0 Å². The molecule has 0 bridgehead atoms. The van der Waals surface area contributed by atoms with Gasteiger partial charge in [0.2, 0.25) is 0 Å². The van der Waals surface area contributed by atoms with Crippen molar-refractivity contribution < 1.29 is 4.39 Å². The Kier molecular flexibility index (Phi) is 4.98. The van der Waals surface area contributed by atoms with Crippen molar-refractivity contribution in [1.82, 2.24) is 5.43 Å². The van der Waals surface area contributed by atoms with Crippen LogP contribution in [0.25, 0.3) is 0 Å². The quantitative estimate of drug-likeness (QED) is 0.635. The molecule has 0 spiro atoms. The molecule has 0 aromatic heterocycles. The molecule has 2 rings (SSSR count). The van der Waals surface area contributed by atoms with Crippen LogP contribution in [0.15, 0.2) is 18.2 Å². The van der Waals surface area contributed by atoms with E-state index in [1.807, 2.05) is 0 Å². The minimum Gasteiger partial charge on any atom is -0.271 e. The molecule has 0 amide bonds. The van der Waals surface area contributed by atoms with Crippen LogP contribution < -0.4 is 11.3 Å². The molecule has 1 fully saturated rings. The summed E-state index contributed by atoms with van der Waals surface area (Å²) in [5, 5.41) is 0.184. The van der Waals surface area contributed by atoms with Gasteiger partial charge in [0.25, 0.3) is 0 Å². The lowest BCUT2D eigenvalue weighted by molar-refractivity contribution is 0.389. The van der Waals surface area contributed by atoms with E-state index in [0.717, 1.165) is 24.3 Å². The number of hydrogen-bond acceptors (Lipinski definition) is 2. The summed E-state index contributed by atoms with van der Waals surface area (Å²) < 4.78 is 13.1. The van der Waals surface area contributed by atoms with Crippen molar-refractivity contribution in [2.45, 2.75) is 44.6 Å². The van der Waals surface area contributed by atoms with Crippen molar-refractivity contribution in [3.8, 4) is 0 Å². The normalized spacial score (nSPS) is 18.2. The molecule has 100 valence electrons. The number of rotatable bonds is 5. The van der Waals surface area contributed by atoms with E-state index in [4.69, 9.17) is 17.4 Å². The van der Waals surface area contributed by atoms with Gasteiger partial charge < -0.3 is 0 Å². The molecule has 0 radical (unpaired) electrons. The van der Waals surface area contributed by atoms with Crippen LogP contribution in [0.2, 0.25) is 5.02 Å². The van der Waals surface area contributed by atoms with Gasteiger partial charge in [0.1, 0.15) is 5.82 Å². The minimum absolute atomic E-state index is 0.184. The molecule has 4 heteroatoms. The van der Waals surface area contributed by atoms with E-state index in [9.17, 15) is 4.39 Å². The van der Waals surface area contributed by atoms with E-state index in [1.165, 1.54) is 31.7 Å². The first-order valence-electron chi connectivity index (χ1n) is 6.59. The van der Waals surface area contributed by atoms with Gasteiger partial charge in [0.05, 0.1) is 5.02 Å². The van der Waals surface area contributed by atoms with Crippen molar-refractivity contribution in [1.29, 1.82) is 0 Å². The Bertz CT molecular complexity index is 391. The summed E-state index contributed by atoms with van der Waals surface area (Å²) in [5.41, 5.74) is 3.90. The zero-order chi connectivity index (χ0) is 13.0. The Morgan fingerprint density at radius 1 is 1.39 bits per heavy atom. The standard InChI is InChI=1S/C14H20ClFN2/c15-13-9-11(5-6-14(13)16)8-12(18-17)7-10-3-1-2-4-10/h5-6,9-10,12,18H,1-4,7-8,17H2. The van der Waals surface area contributed by atoms with Gasteiger partial charge in [0.15, 0.2) is 0 Å². The van der Waals surface area contributed by atoms with Gasteiger partial charge in [-0.2, -0.15) is 0 Å². The fourth-order valence-electron chi connectivity index (χ4n) is 2.81. The van der Waals surface area contributed by atoms with Crippen LogP contribution in [0.1, 0.15) is 37.7 Å². The van der Waals surface area contributed by atoms with Gasteiger partial charge in [-0.1, -0.05) is 43.4 Å². The van der Waals surface area contributed by atoms with Crippen LogP contribution in [-0.2, 0) is 6.42 Å². The SMILES string of the molecule is NNC(Cc1ccc(F)c(Cl)c1)CC1CCCC1. The molecular formula is C14H20ClFN2. The molecule has 0 saturated heterocycles. The van der Waals surface area contributed by atoms with Crippen LogP contribution in [-0.4, -0.2) is 6.04 Å². The molecule has 18 heavy (non-hydrogen) atoms. The maximum atomic E-state index is 13.1. The summed E-state index contributed by atoms with van der Waals surface area (Å²) >= 11 is 5.78. The van der Waals surface area contributed by atoms with Gasteiger partial charge in [0, 0.05) is 6.04 Å². The van der Waals surface area contributed by atoms with Crippen LogP contribution in [0.5, 0.6) is 0 Å². The highest BCUT2D eigenvalue weighted by Crippen LogP contribution is 2.29. The molecule has 2 nitrogen and oxygen atoms in total. The van der Waals surface area contributed by atoms with Gasteiger partial charge >= 0.3 is 0 Å².